The number of nitrogens with zero attached hydrogens (tertiary/aromatic N) is 1. The summed E-state index contributed by atoms with van der Waals surface area (Å²) in [5, 5.41) is 6.29. The number of guanidine groups is 1. The maximum Gasteiger partial charge on any atom is 0.203 e. The van der Waals surface area contributed by atoms with Gasteiger partial charge >= 0.3 is 0 Å². The van der Waals surface area contributed by atoms with Crippen molar-refractivity contribution in [3.63, 3.8) is 0 Å². The normalized spacial score (nSPS) is 11.7. The van der Waals surface area contributed by atoms with Gasteiger partial charge < -0.3 is 29.6 Å². The van der Waals surface area contributed by atoms with E-state index >= 15 is 0 Å². The summed E-state index contributed by atoms with van der Waals surface area (Å²) in [5.74, 6) is 1.88. The van der Waals surface area contributed by atoms with Gasteiger partial charge in [-0.15, -0.1) is 24.0 Å². The second-order valence-corrected chi connectivity index (χ2v) is 5.85. The van der Waals surface area contributed by atoms with Gasteiger partial charge in [0, 0.05) is 24.9 Å². The molecule has 0 aliphatic carbocycles. The molecule has 2 aromatic carbocycles. The second kappa shape index (κ2) is 12.2. The minimum atomic E-state index is -0.394. The smallest absolute Gasteiger partial charge is 0.203 e. The lowest BCUT2D eigenvalue weighted by Gasteiger charge is -2.19. The number of benzene rings is 2. The zero-order valence-corrected chi connectivity index (χ0v) is 19.4. The highest BCUT2D eigenvalue weighted by Crippen LogP contribution is 2.39. The number of aliphatic imine (C=N–C) groups is 1. The fraction of sp³-hybridized carbons (Fsp3) is 0.350. The molecular formula is C20H27FIN3O4. The lowest BCUT2D eigenvalue weighted by atomic mass is 10.2. The maximum atomic E-state index is 13.7. The average molecular weight is 519 g/mol. The van der Waals surface area contributed by atoms with Crippen LogP contribution < -0.4 is 29.6 Å². The van der Waals surface area contributed by atoms with Crippen LogP contribution in [0, 0.1) is 5.82 Å². The first kappa shape index (κ1) is 24.6. The number of hydrogen-bond donors (Lipinski definition) is 2. The molecule has 2 N–H and O–H groups in total. The summed E-state index contributed by atoms with van der Waals surface area (Å²) in [5.41, 5.74) is 0.699. The van der Waals surface area contributed by atoms with Crippen LogP contribution in [0.4, 0.5) is 10.1 Å². The van der Waals surface area contributed by atoms with E-state index in [4.69, 9.17) is 18.9 Å². The predicted octanol–water partition coefficient (Wildman–Crippen LogP) is 3.92. The Morgan fingerprint density at radius 2 is 1.66 bits per heavy atom. The molecule has 1 atom stereocenters. The summed E-state index contributed by atoms with van der Waals surface area (Å²) in [4.78, 5) is 4.19. The van der Waals surface area contributed by atoms with Crippen molar-refractivity contribution in [3.05, 3.63) is 42.2 Å². The number of anilines is 1. The molecule has 0 heterocycles. The van der Waals surface area contributed by atoms with Crippen LogP contribution in [-0.2, 0) is 0 Å². The van der Waals surface area contributed by atoms with Crippen molar-refractivity contribution in [1.82, 2.24) is 5.32 Å². The third kappa shape index (κ3) is 6.84. The van der Waals surface area contributed by atoms with Gasteiger partial charge in [0.1, 0.15) is 6.10 Å². The van der Waals surface area contributed by atoms with Crippen LogP contribution in [0.25, 0.3) is 0 Å². The van der Waals surface area contributed by atoms with Crippen molar-refractivity contribution >= 4 is 35.6 Å². The van der Waals surface area contributed by atoms with Crippen molar-refractivity contribution in [3.8, 4) is 23.0 Å². The van der Waals surface area contributed by atoms with Crippen LogP contribution in [0.5, 0.6) is 23.0 Å². The molecule has 0 fully saturated rings. The molecule has 160 valence electrons. The van der Waals surface area contributed by atoms with E-state index in [9.17, 15) is 4.39 Å². The lowest BCUT2D eigenvalue weighted by Crippen LogP contribution is -2.37. The van der Waals surface area contributed by atoms with Gasteiger partial charge in [-0.05, 0) is 19.1 Å². The molecule has 29 heavy (non-hydrogen) atoms. The van der Waals surface area contributed by atoms with Gasteiger partial charge in [-0.2, -0.15) is 0 Å². The average Bonchev–Trinajstić information content (AvgIpc) is 2.71. The second-order valence-electron chi connectivity index (χ2n) is 5.85. The molecule has 7 nitrogen and oxygen atoms in total. The van der Waals surface area contributed by atoms with E-state index in [1.807, 2.05) is 6.92 Å². The molecule has 0 aliphatic rings. The van der Waals surface area contributed by atoms with Gasteiger partial charge in [-0.25, -0.2) is 4.39 Å². The van der Waals surface area contributed by atoms with Gasteiger partial charge in [-0.1, -0.05) is 12.1 Å². The topological polar surface area (TPSA) is 73.3 Å². The number of rotatable bonds is 8. The summed E-state index contributed by atoms with van der Waals surface area (Å²) in [7, 11) is 6.30. The first-order chi connectivity index (χ1) is 13.5. The minimum Gasteiger partial charge on any atom is -0.493 e. The predicted molar refractivity (Wildman–Crippen MR) is 123 cm³/mol. The van der Waals surface area contributed by atoms with Gasteiger partial charge in [0.15, 0.2) is 29.0 Å². The summed E-state index contributed by atoms with van der Waals surface area (Å²) in [6, 6.07) is 9.84. The molecule has 0 aliphatic heterocycles. The molecular weight excluding hydrogens is 492 g/mol. The Labute approximate surface area is 187 Å². The Balaban J connectivity index is 0.00000420. The van der Waals surface area contributed by atoms with E-state index in [-0.39, 0.29) is 35.8 Å². The fourth-order valence-electron chi connectivity index (χ4n) is 2.51. The highest BCUT2D eigenvalue weighted by Gasteiger charge is 2.14. The van der Waals surface area contributed by atoms with E-state index < -0.39 is 5.82 Å². The zero-order valence-electron chi connectivity index (χ0n) is 17.1. The first-order valence-corrected chi connectivity index (χ1v) is 8.71. The molecule has 0 spiro atoms. The molecule has 0 bridgehead atoms. The Kier molecular flexibility index (Phi) is 10.4. The summed E-state index contributed by atoms with van der Waals surface area (Å²) in [6.07, 6.45) is -0.282. The SMILES string of the molecule is CN=C(NCC(C)Oc1ccccc1F)Nc1cc(OC)c(OC)c(OC)c1.I. The number of para-hydroxylation sites is 1. The number of nitrogens with one attached hydrogen (secondary N) is 2. The summed E-state index contributed by atoms with van der Waals surface area (Å²) in [6.45, 7) is 2.25. The highest BCUT2D eigenvalue weighted by atomic mass is 127. The quantitative estimate of drug-likeness (QED) is 0.313. The van der Waals surface area contributed by atoms with Crippen LogP contribution in [0.1, 0.15) is 6.92 Å². The fourth-order valence-corrected chi connectivity index (χ4v) is 2.51. The molecule has 0 saturated carbocycles. The third-order valence-electron chi connectivity index (χ3n) is 3.87. The van der Waals surface area contributed by atoms with Gasteiger partial charge in [0.05, 0.1) is 27.9 Å². The van der Waals surface area contributed by atoms with Crippen LogP contribution in [0.15, 0.2) is 41.4 Å². The van der Waals surface area contributed by atoms with E-state index in [0.717, 1.165) is 0 Å². The molecule has 2 rings (SSSR count). The molecule has 0 aromatic heterocycles. The van der Waals surface area contributed by atoms with Crippen molar-refractivity contribution < 1.29 is 23.3 Å². The number of hydrogen-bond acceptors (Lipinski definition) is 5. The third-order valence-corrected chi connectivity index (χ3v) is 3.87. The van der Waals surface area contributed by atoms with E-state index in [0.29, 0.717) is 35.4 Å². The molecule has 0 amide bonds. The largest absolute Gasteiger partial charge is 0.493 e. The van der Waals surface area contributed by atoms with Crippen molar-refractivity contribution in [1.29, 1.82) is 0 Å². The standard InChI is InChI=1S/C20H26FN3O4.HI/c1-13(28-16-9-7-6-8-15(16)21)12-23-20(22-2)24-14-10-17(25-3)19(27-5)18(11-14)26-4;/h6-11,13H,12H2,1-5H3,(H2,22,23,24);1H. The number of halogens is 2. The van der Waals surface area contributed by atoms with Gasteiger partial charge in [-0.3, -0.25) is 4.99 Å². The molecule has 2 aromatic rings. The Morgan fingerprint density at radius 3 is 2.17 bits per heavy atom. The lowest BCUT2D eigenvalue weighted by molar-refractivity contribution is 0.214. The molecule has 0 saturated heterocycles. The minimum absolute atomic E-state index is 0. The Bertz CT molecular complexity index is 795. The number of methoxy groups -OCH3 is 3. The number of ether oxygens (including phenoxy) is 4. The Morgan fingerprint density at radius 1 is 1.03 bits per heavy atom. The van der Waals surface area contributed by atoms with Crippen molar-refractivity contribution in [2.24, 2.45) is 4.99 Å². The monoisotopic (exact) mass is 519 g/mol. The highest BCUT2D eigenvalue weighted by molar-refractivity contribution is 14.0. The van der Waals surface area contributed by atoms with E-state index in [1.54, 1.807) is 58.7 Å². The molecule has 0 radical (unpaired) electrons. The van der Waals surface area contributed by atoms with Crippen molar-refractivity contribution in [2.75, 3.05) is 40.2 Å². The zero-order chi connectivity index (χ0) is 20.5. The molecule has 9 heteroatoms. The Hall–Kier alpha value is -2.43. The summed E-state index contributed by atoms with van der Waals surface area (Å²) >= 11 is 0. The van der Waals surface area contributed by atoms with E-state index in [2.05, 4.69) is 15.6 Å². The van der Waals surface area contributed by atoms with Crippen molar-refractivity contribution in [2.45, 2.75) is 13.0 Å². The summed E-state index contributed by atoms with van der Waals surface area (Å²) < 4.78 is 35.3. The van der Waals surface area contributed by atoms with Gasteiger partial charge in [0.25, 0.3) is 0 Å². The van der Waals surface area contributed by atoms with Crippen LogP contribution in [0.3, 0.4) is 0 Å². The van der Waals surface area contributed by atoms with Crippen LogP contribution in [-0.4, -0.2) is 47.0 Å². The maximum absolute atomic E-state index is 13.7. The van der Waals surface area contributed by atoms with Crippen LogP contribution >= 0.6 is 24.0 Å². The van der Waals surface area contributed by atoms with Gasteiger partial charge in [0.2, 0.25) is 5.75 Å². The first-order valence-electron chi connectivity index (χ1n) is 8.71. The molecule has 1 unspecified atom stereocenters. The van der Waals surface area contributed by atoms with Crippen LogP contribution in [0.2, 0.25) is 0 Å². The van der Waals surface area contributed by atoms with E-state index in [1.165, 1.54) is 6.07 Å².